The molecular weight excluding hydrogens is 381 g/mol. The highest BCUT2D eigenvalue weighted by Crippen LogP contribution is 2.27. The fraction of sp³-hybridized carbons (Fsp3) is 0.381. The second-order valence-corrected chi connectivity index (χ2v) is 7.92. The van der Waals surface area contributed by atoms with E-state index in [0.29, 0.717) is 22.2 Å². The van der Waals surface area contributed by atoms with Crippen molar-refractivity contribution in [2.75, 3.05) is 38.6 Å². The number of halogens is 2. The number of anilines is 1. The fourth-order valence-corrected chi connectivity index (χ4v) is 3.84. The summed E-state index contributed by atoms with van der Waals surface area (Å²) in [5, 5.41) is 3.95. The Morgan fingerprint density at radius 2 is 1.78 bits per heavy atom. The molecule has 0 aromatic heterocycles. The van der Waals surface area contributed by atoms with Crippen LogP contribution < -0.4 is 10.2 Å². The van der Waals surface area contributed by atoms with E-state index in [9.17, 15) is 4.79 Å². The summed E-state index contributed by atoms with van der Waals surface area (Å²) in [6.45, 7) is 2.63. The number of nitrogens with zero attached hydrogens (tertiary/aromatic N) is 2. The summed E-state index contributed by atoms with van der Waals surface area (Å²) in [6, 6.07) is 13.6. The third-order valence-electron chi connectivity index (χ3n) is 5.00. The average molecular weight is 406 g/mol. The summed E-state index contributed by atoms with van der Waals surface area (Å²) in [6.07, 6.45) is 2.39. The van der Waals surface area contributed by atoms with Crippen molar-refractivity contribution >= 4 is 34.8 Å². The molecular formula is C21H25Cl2N3O. The molecule has 2 aromatic carbocycles. The summed E-state index contributed by atoms with van der Waals surface area (Å²) >= 11 is 12.2. The van der Waals surface area contributed by atoms with Gasteiger partial charge >= 0.3 is 0 Å². The molecule has 1 amide bonds. The van der Waals surface area contributed by atoms with Gasteiger partial charge in [-0.1, -0.05) is 35.3 Å². The number of rotatable bonds is 6. The van der Waals surface area contributed by atoms with Crippen LogP contribution >= 0.6 is 23.2 Å². The van der Waals surface area contributed by atoms with Crippen LogP contribution in [0.3, 0.4) is 0 Å². The summed E-state index contributed by atoms with van der Waals surface area (Å²) < 4.78 is 0. The smallest absolute Gasteiger partial charge is 0.252 e. The molecule has 0 aliphatic carbocycles. The van der Waals surface area contributed by atoms with Gasteiger partial charge in [-0.3, -0.25) is 9.69 Å². The number of carbonyl (C=O) groups excluding carboxylic acids is 1. The van der Waals surface area contributed by atoms with Crippen LogP contribution in [0.25, 0.3) is 0 Å². The Kier molecular flexibility index (Phi) is 6.64. The molecule has 1 aliphatic rings. The van der Waals surface area contributed by atoms with E-state index >= 15 is 0 Å². The van der Waals surface area contributed by atoms with E-state index in [1.165, 1.54) is 18.4 Å². The van der Waals surface area contributed by atoms with Gasteiger partial charge in [-0.25, -0.2) is 0 Å². The van der Waals surface area contributed by atoms with Crippen molar-refractivity contribution in [3.05, 3.63) is 63.6 Å². The normalized spacial score (nSPS) is 15.6. The Morgan fingerprint density at radius 3 is 2.41 bits per heavy atom. The monoisotopic (exact) mass is 405 g/mol. The molecule has 2 aromatic rings. The van der Waals surface area contributed by atoms with Gasteiger partial charge in [-0.05, 0) is 61.8 Å². The molecule has 27 heavy (non-hydrogen) atoms. The molecule has 1 atom stereocenters. The first-order valence-corrected chi connectivity index (χ1v) is 9.96. The van der Waals surface area contributed by atoms with Crippen molar-refractivity contribution in [2.45, 2.75) is 18.9 Å². The van der Waals surface area contributed by atoms with Crippen molar-refractivity contribution in [1.29, 1.82) is 0 Å². The zero-order chi connectivity index (χ0) is 19.4. The van der Waals surface area contributed by atoms with Gasteiger partial charge in [-0.15, -0.1) is 0 Å². The summed E-state index contributed by atoms with van der Waals surface area (Å²) in [5.74, 6) is -0.198. The molecule has 144 valence electrons. The Hall–Kier alpha value is -1.75. The van der Waals surface area contributed by atoms with E-state index in [2.05, 4.69) is 39.4 Å². The number of hydrogen-bond acceptors (Lipinski definition) is 3. The van der Waals surface area contributed by atoms with E-state index in [4.69, 9.17) is 23.2 Å². The molecule has 0 saturated carbocycles. The zero-order valence-electron chi connectivity index (χ0n) is 15.7. The summed E-state index contributed by atoms with van der Waals surface area (Å²) in [4.78, 5) is 17.1. The maximum absolute atomic E-state index is 12.6. The fourth-order valence-electron chi connectivity index (χ4n) is 3.46. The zero-order valence-corrected chi connectivity index (χ0v) is 17.2. The molecule has 1 saturated heterocycles. The molecule has 0 unspecified atom stereocenters. The second kappa shape index (κ2) is 8.96. The Labute approximate surface area is 171 Å². The van der Waals surface area contributed by atoms with Crippen LogP contribution in [0.15, 0.2) is 42.5 Å². The van der Waals surface area contributed by atoms with E-state index < -0.39 is 0 Å². The van der Waals surface area contributed by atoms with Gasteiger partial charge in [0.2, 0.25) is 0 Å². The molecule has 1 heterocycles. The second-order valence-electron chi connectivity index (χ2n) is 7.08. The van der Waals surface area contributed by atoms with E-state index in [1.807, 2.05) is 14.1 Å². The first kappa shape index (κ1) is 20.0. The SMILES string of the molecule is CN(C)c1ccc([C@H](CNC(=O)c2cc(Cl)ccc2Cl)N2CCCC2)cc1. The standard InChI is InChI=1S/C21H25Cl2N3O/c1-25(2)17-8-5-15(6-9-17)20(26-11-3-4-12-26)14-24-21(27)18-13-16(22)7-10-19(18)23/h5-10,13,20H,3-4,11-12,14H2,1-2H3,(H,24,27)/t20-/m0/s1. The van der Waals surface area contributed by atoms with Crippen molar-refractivity contribution in [3.8, 4) is 0 Å². The lowest BCUT2D eigenvalue weighted by molar-refractivity contribution is 0.0938. The van der Waals surface area contributed by atoms with Gasteiger partial charge in [0.05, 0.1) is 16.6 Å². The lowest BCUT2D eigenvalue weighted by Crippen LogP contribution is -2.36. The maximum Gasteiger partial charge on any atom is 0.252 e. The third kappa shape index (κ3) is 4.95. The number of benzene rings is 2. The van der Waals surface area contributed by atoms with E-state index in [1.54, 1.807) is 18.2 Å². The highest BCUT2D eigenvalue weighted by molar-refractivity contribution is 6.35. The average Bonchev–Trinajstić information content (AvgIpc) is 3.18. The van der Waals surface area contributed by atoms with Crippen molar-refractivity contribution in [1.82, 2.24) is 10.2 Å². The summed E-state index contributed by atoms with van der Waals surface area (Å²) in [7, 11) is 4.06. The predicted octanol–water partition coefficient (Wildman–Crippen LogP) is 4.63. The molecule has 0 spiro atoms. The van der Waals surface area contributed by atoms with E-state index in [-0.39, 0.29) is 11.9 Å². The van der Waals surface area contributed by atoms with Crippen LogP contribution in [-0.2, 0) is 0 Å². The lowest BCUT2D eigenvalue weighted by Gasteiger charge is -2.28. The minimum absolute atomic E-state index is 0.144. The highest BCUT2D eigenvalue weighted by atomic mass is 35.5. The van der Waals surface area contributed by atoms with Crippen LogP contribution in [0.1, 0.15) is 34.8 Å². The molecule has 0 radical (unpaired) electrons. The third-order valence-corrected chi connectivity index (χ3v) is 5.57. The molecule has 0 bridgehead atoms. The van der Waals surface area contributed by atoms with Gasteiger partial charge in [-0.2, -0.15) is 0 Å². The lowest BCUT2D eigenvalue weighted by atomic mass is 10.0. The molecule has 1 fully saturated rings. The number of amides is 1. The molecule has 6 heteroatoms. The Morgan fingerprint density at radius 1 is 1.11 bits per heavy atom. The van der Waals surface area contributed by atoms with Gasteiger partial charge < -0.3 is 10.2 Å². The number of nitrogens with one attached hydrogen (secondary N) is 1. The minimum Gasteiger partial charge on any atom is -0.378 e. The van der Waals surface area contributed by atoms with Gasteiger partial charge in [0.25, 0.3) is 5.91 Å². The molecule has 4 nitrogen and oxygen atoms in total. The van der Waals surface area contributed by atoms with Gasteiger partial charge in [0.15, 0.2) is 0 Å². The van der Waals surface area contributed by atoms with E-state index in [0.717, 1.165) is 18.8 Å². The largest absolute Gasteiger partial charge is 0.378 e. The summed E-state index contributed by atoms with van der Waals surface area (Å²) in [5.41, 5.74) is 2.78. The molecule has 1 N–H and O–H groups in total. The van der Waals surface area contributed by atoms with Crippen molar-refractivity contribution in [3.63, 3.8) is 0 Å². The number of likely N-dealkylation sites (tertiary alicyclic amines) is 1. The molecule has 1 aliphatic heterocycles. The molecule has 3 rings (SSSR count). The minimum atomic E-state index is -0.198. The predicted molar refractivity (Wildman–Crippen MR) is 113 cm³/mol. The van der Waals surface area contributed by atoms with Crippen LogP contribution in [0.5, 0.6) is 0 Å². The van der Waals surface area contributed by atoms with Crippen LogP contribution in [0.2, 0.25) is 10.0 Å². The van der Waals surface area contributed by atoms with Crippen molar-refractivity contribution in [2.24, 2.45) is 0 Å². The number of carbonyl (C=O) groups is 1. The van der Waals surface area contributed by atoms with Crippen molar-refractivity contribution < 1.29 is 4.79 Å². The van der Waals surface area contributed by atoms with Gasteiger partial charge in [0, 0.05) is 31.4 Å². The highest BCUT2D eigenvalue weighted by Gasteiger charge is 2.24. The van der Waals surface area contributed by atoms with Gasteiger partial charge in [0.1, 0.15) is 0 Å². The van der Waals surface area contributed by atoms with Crippen LogP contribution in [0, 0.1) is 0 Å². The maximum atomic E-state index is 12.6. The van der Waals surface area contributed by atoms with Crippen LogP contribution in [0.4, 0.5) is 5.69 Å². The Bertz CT molecular complexity index is 787. The number of hydrogen-bond donors (Lipinski definition) is 1. The topological polar surface area (TPSA) is 35.6 Å². The first-order valence-electron chi connectivity index (χ1n) is 9.20. The quantitative estimate of drug-likeness (QED) is 0.760. The van der Waals surface area contributed by atoms with Crippen LogP contribution in [-0.4, -0.2) is 44.5 Å². The Balaban J connectivity index is 1.75. The first-order chi connectivity index (χ1) is 13.0.